The summed E-state index contributed by atoms with van der Waals surface area (Å²) in [6.45, 7) is 3.06. The number of nitrogens with two attached hydrogens (primary N) is 1. The Bertz CT molecular complexity index is 1280. The highest BCUT2D eigenvalue weighted by Gasteiger charge is 2.64. The summed E-state index contributed by atoms with van der Waals surface area (Å²) in [6.07, 6.45) is 1.19. The Hall–Kier alpha value is -3.41. The lowest BCUT2D eigenvalue weighted by molar-refractivity contribution is -0.153. The summed E-state index contributed by atoms with van der Waals surface area (Å²) in [7, 11) is 6.83. The molecule has 7 N–H and O–H groups in total. The Labute approximate surface area is 221 Å². The van der Waals surface area contributed by atoms with E-state index in [1.807, 2.05) is 32.0 Å². The summed E-state index contributed by atoms with van der Waals surface area (Å²) in [5.41, 5.74) is 3.76. The van der Waals surface area contributed by atoms with Gasteiger partial charge in [-0.15, -0.1) is 0 Å². The molecule has 0 aliphatic heterocycles. The smallest absolute Gasteiger partial charge is 0.255 e. The average molecular weight is 529 g/mol. The Kier molecular flexibility index (Phi) is 7.06. The first-order chi connectivity index (χ1) is 17.8. The fourth-order valence-electron chi connectivity index (χ4n) is 6.28. The number of carbonyl (C=O) groups excluding carboxylic acids is 3. The number of nitrogens with zero attached hydrogens (tertiary/aromatic N) is 2. The zero-order valence-electron chi connectivity index (χ0n) is 22.3. The molecule has 4 rings (SSSR count). The quantitative estimate of drug-likeness (QED) is 0.216. The third-order valence-corrected chi connectivity index (χ3v) is 8.00. The second-order valence-corrected chi connectivity index (χ2v) is 10.8. The van der Waals surface area contributed by atoms with Crippen LogP contribution < -0.4 is 16.0 Å². The van der Waals surface area contributed by atoms with Crippen molar-refractivity contribution in [2.45, 2.75) is 44.4 Å². The molecule has 0 aromatic heterocycles. The first kappa shape index (κ1) is 27.6. The van der Waals surface area contributed by atoms with Crippen LogP contribution >= 0.6 is 0 Å². The lowest BCUT2D eigenvalue weighted by Crippen LogP contribution is -2.65. The number of nitrogens with one attached hydrogen (secondary N) is 1. The summed E-state index contributed by atoms with van der Waals surface area (Å²) >= 11 is 0. The molecule has 3 aliphatic rings. The first-order valence-corrected chi connectivity index (χ1v) is 12.7. The van der Waals surface area contributed by atoms with Crippen LogP contribution in [0.3, 0.4) is 0 Å². The minimum Gasteiger partial charge on any atom is -0.508 e. The number of aliphatic hydroxyl groups excluding tert-OH is 2. The highest BCUT2D eigenvalue weighted by molar-refractivity contribution is 6.24. The first-order valence-electron chi connectivity index (χ1n) is 12.7. The van der Waals surface area contributed by atoms with Gasteiger partial charge in [0.05, 0.1) is 11.6 Å². The molecule has 1 saturated carbocycles. The van der Waals surface area contributed by atoms with Crippen molar-refractivity contribution < 1.29 is 34.8 Å². The fraction of sp³-hybridized carbons (Fsp3) is 0.519. The molecule has 0 saturated heterocycles. The van der Waals surface area contributed by atoms with Crippen LogP contribution in [0.2, 0.25) is 0 Å². The van der Waals surface area contributed by atoms with E-state index in [4.69, 9.17) is 5.73 Å². The van der Waals surface area contributed by atoms with Crippen molar-refractivity contribution in [3.05, 3.63) is 39.7 Å². The van der Waals surface area contributed by atoms with Crippen LogP contribution in [0.15, 0.2) is 23.0 Å². The van der Waals surface area contributed by atoms with Crippen molar-refractivity contribution in [1.82, 2.24) is 10.2 Å². The topological polar surface area (TPSA) is 177 Å². The highest BCUT2D eigenvalue weighted by Crippen LogP contribution is 2.54. The number of amides is 1. The van der Waals surface area contributed by atoms with Gasteiger partial charge in [-0.3, -0.25) is 19.3 Å². The van der Waals surface area contributed by atoms with Crippen molar-refractivity contribution in [2.75, 3.05) is 39.6 Å². The predicted octanol–water partition coefficient (Wildman–Crippen LogP) is 0.530. The van der Waals surface area contributed by atoms with Gasteiger partial charge in [0.2, 0.25) is 5.78 Å². The van der Waals surface area contributed by atoms with Gasteiger partial charge < -0.3 is 36.4 Å². The van der Waals surface area contributed by atoms with Crippen molar-refractivity contribution in [3.8, 4) is 5.75 Å². The predicted molar refractivity (Wildman–Crippen MR) is 141 cm³/mol. The molecule has 0 bridgehead atoms. The van der Waals surface area contributed by atoms with Crippen LogP contribution in [0.4, 0.5) is 5.69 Å². The molecule has 1 aromatic rings. The number of likely N-dealkylation sites (N-methyl/N-ethyl adjacent to an activating group) is 1. The number of aliphatic hydroxyl groups is 3. The SMILES string of the molecule is CCCNCc1cc(N(C)C)c2c(c1O)C(O)=C1C(=O)[C@]3(O)C(O)=C(C(N)=O)C(=O)[C@@H](N(C)C)[C@@H]3C[C@@H]1C2. The zero-order chi connectivity index (χ0) is 28.3. The summed E-state index contributed by atoms with van der Waals surface area (Å²) in [4.78, 5) is 42.6. The van der Waals surface area contributed by atoms with Gasteiger partial charge >= 0.3 is 0 Å². The number of Topliss-reactive ketones (excluding diaryl/α,β-unsaturated/α-hetero) is 2. The van der Waals surface area contributed by atoms with E-state index in [0.717, 1.165) is 18.7 Å². The number of fused-ring (bicyclic) bond motifs is 3. The third-order valence-electron chi connectivity index (χ3n) is 8.00. The second-order valence-electron chi connectivity index (χ2n) is 10.8. The van der Waals surface area contributed by atoms with E-state index in [0.29, 0.717) is 17.7 Å². The van der Waals surface area contributed by atoms with Crippen LogP contribution in [0.5, 0.6) is 5.75 Å². The van der Waals surface area contributed by atoms with E-state index in [1.165, 1.54) is 4.90 Å². The van der Waals surface area contributed by atoms with Gasteiger partial charge in [-0.25, -0.2) is 0 Å². The number of aromatic hydroxyl groups is 1. The molecule has 11 nitrogen and oxygen atoms in total. The molecule has 0 heterocycles. The number of hydrogen-bond acceptors (Lipinski definition) is 10. The standard InChI is InChI=1S/C27H36N4O7/c1-6-7-29-11-13-10-16(30(2)3)14-8-12-9-15-20(31(4)5)23(34)19(26(28)37)25(36)27(15,38)24(35)17(12)22(33)18(14)21(13)32/h10,12,15,20,29,32-33,36,38H,6-9,11H2,1-5H3,(H2,28,37)/t12-,15-,20-,27-/m0/s1. The molecule has 206 valence electrons. The van der Waals surface area contributed by atoms with Crippen LogP contribution in [-0.4, -0.2) is 89.2 Å². The lowest BCUT2D eigenvalue weighted by atomic mass is 9.57. The molecule has 11 heteroatoms. The van der Waals surface area contributed by atoms with Gasteiger partial charge in [0, 0.05) is 43.4 Å². The Balaban J connectivity index is 1.95. The lowest BCUT2D eigenvalue weighted by Gasteiger charge is -2.50. The molecule has 1 fully saturated rings. The Morgan fingerprint density at radius 1 is 1.18 bits per heavy atom. The van der Waals surface area contributed by atoms with Crippen LogP contribution in [-0.2, 0) is 27.3 Å². The Morgan fingerprint density at radius 2 is 1.84 bits per heavy atom. The second kappa shape index (κ2) is 9.72. The average Bonchev–Trinajstić information content (AvgIpc) is 2.82. The summed E-state index contributed by atoms with van der Waals surface area (Å²) in [5, 5.41) is 48.6. The fourth-order valence-corrected chi connectivity index (χ4v) is 6.28. The monoisotopic (exact) mass is 528 g/mol. The third kappa shape index (κ3) is 3.88. The summed E-state index contributed by atoms with van der Waals surface area (Å²) in [6, 6.07) is 0.734. The number of phenols is 1. The van der Waals surface area contributed by atoms with Gasteiger partial charge in [0.25, 0.3) is 5.91 Å². The van der Waals surface area contributed by atoms with Gasteiger partial charge in [-0.2, -0.15) is 0 Å². The highest BCUT2D eigenvalue weighted by atomic mass is 16.3. The van der Waals surface area contributed by atoms with Gasteiger partial charge in [0.15, 0.2) is 11.4 Å². The van der Waals surface area contributed by atoms with Crippen LogP contribution in [0, 0.1) is 11.8 Å². The van der Waals surface area contributed by atoms with Crippen molar-refractivity contribution in [2.24, 2.45) is 17.6 Å². The number of carbonyl (C=O) groups is 3. The number of primary amides is 1. The normalized spacial score (nSPS) is 26.9. The van der Waals surface area contributed by atoms with Crippen molar-refractivity contribution in [3.63, 3.8) is 0 Å². The molecule has 38 heavy (non-hydrogen) atoms. The Morgan fingerprint density at radius 3 is 2.39 bits per heavy atom. The molecule has 1 aromatic carbocycles. The number of anilines is 1. The molecular weight excluding hydrogens is 492 g/mol. The molecule has 3 aliphatic carbocycles. The minimum absolute atomic E-state index is 0.0548. The van der Waals surface area contributed by atoms with E-state index in [2.05, 4.69) is 5.32 Å². The number of rotatable bonds is 7. The van der Waals surface area contributed by atoms with E-state index >= 15 is 0 Å². The zero-order valence-corrected chi connectivity index (χ0v) is 22.3. The van der Waals surface area contributed by atoms with Crippen molar-refractivity contribution >= 4 is 28.9 Å². The molecule has 0 radical (unpaired) electrons. The van der Waals surface area contributed by atoms with Gasteiger partial charge in [0.1, 0.15) is 22.8 Å². The van der Waals surface area contributed by atoms with Crippen molar-refractivity contribution in [1.29, 1.82) is 0 Å². The maximum atomic E-state index is 14.0. The number of hydrogen-bond donors (Lipinski definition) is 6. The minimum atomic E-state index is -2.65. The molecule has 1 amide bonds. The van der Waals surface area contributed by atoms with Crippen LogP contribution in [0.25, 0.3) is 5.76 Å². The van der Waals surface area contributed by atoms with E-state index in [1.54, 1.807) is 14.1 Å². The maximum absolute atomic E-state index is 14.0. The van der Waals surface area contributed by atoms with E-state index in [-0.39, 0.29) is 29.7 Å². The maximum Gasteiger partial charge on any atom is 0.255 e. The van der Waals surface area contributed by atoms with E-state index in [9.17, 15) is 34.8 Å². The van der Waals surface area contributed by atoms with Gasteiger partial charge in [-0.1, -0.05) is 6.92 Å². The molecular formula is C27H36N4O7. The largest absolute Gasteiger partial charge is 0.508 e. The van der Waals surface area contributed by atoms with E-state index < -0.39 is 58.0 Å². The molecule has 4 atom stereocenters. The van der Waals surface area contributed by atoms with Crippen LogP contribution in [0.1, 0.15) is 36.5 Å². The summed E-state index contributed by atoms with van der Waals surface area (Å²) in [5.74, 6) is -6.52. The molecule has 0 spiro atoms. The summed E-state index contributed by atoms with van der Waals surface area (Å²) < 4.78 is 0. The van der Waals surface area contributed by atoms with Gasteiger partial charge in [-0.05, 0) is 57.5 Å². The number of phenolic OH excluding ortho intramolecular Hbond substituents is 1. The number of ketones is 2. The molecule has 0 unspecified atom stereocenters. The number of benzene rings is 1.